The zero-order valence-corrected chi connectivity index (χ0v) is 16.5. The second kappa shape index (κ2) is 9.42. The highest BCUT2D eigenvalue weighted by molar-refractivity contribution is 6.37. The molecule has 9 heteroatoms. The van der Waals surface area contributed by atoms with Crippen molar-refractivity contribution in [1.29, 1.82) is 0 Å². The number of carboxylic acids is 1. The van der Waals surface area contributed by atoms with E-state index in [1.807, 2.05) is 0 Å². The van der Waals surface area contributed by atoms with Crippen LogP contribution in [0.3, 0.4) is 0 Å². The molecule has 2 aromatic carbocycles. The topological polar surface area (TPSA) is 93.4 Å². The SMILES string of the molecule is O=C(O)C(=O)CC(=O)c1cc(Cc2ccc(F)cc2F)cn(Cc2ccccc2F)c1=O. The monoisotopic (exact) mass is 443 g/mol. The summed E-state index contributed by atoms with van der Waals surface area (Å²) in [6, 6.07) is 9.69. The number of Topliss-reactive ketones (excluding diaryl/α,β-unsaturated/α-hetero) is 2. The van der Waals surface area contributed by atoms with Gasteiger partial charge in [0, 0.05) is 24.2 Å². The van der Waals surface area contributed by atoms with E-state index in [0.29, 0.717) is 6.07 Å². The van der Waals surface area contributed by atoms with Crippen LogP contribution < -0.4 is 5.56 Å². The first kappa shape index (κ1) is 22.7. The molecule has 0 bridgehead atoms. The molecule has 1 N–H and O–H groups in total. The lowest BCUT2D eigenvalue weighted by molar-refractivity contribution is -0.148. The summed E-state index contributed by atoms with van der Waals surface area (Å²) >= 11 is 0. The van der Waals surface area contributed by atoms with Crippen molar-refractivity contribution in [2.75, 3.05) is 0 Å². The molecular formula is C23H16F3NO5. The molecule has 1 aromatic heterocycles. The lowest BCUT2D eigenvalue weighted by Gasteiger charge is -2.13. The molecule has 0 fully saturated rings. The molecule has 0 saturated carbocycles. The number of carboxylic acid groups (broad SMARTS) is 1. The number of halogens is 3. The first-order chi connectivity index (χ1) is 15.2. The highest BCUT2D eigenvalue weighted by Gasteiger charge is 2.22. The van der Waals surface area contributed by atoms with Crippen LogP contribution in [0, 0.1) is 17.5 Å². The van der Waals surface area contributed by atoms with E-state index < -0.39 is 52.5 Å². The molecule has 0 radical (unpaired) electrons. The van der Waals surface area contributed by atoms with Gasteiger partial charge in [0.2, 0.25) is 5.78 Å². The van der Waals surface area contributed by atoms with Gasteiger partial charge in [-0.2, -0.15) is 0 Å². The van der Waals surface area contributed by atoms with Gasteiger partial charge in [0.05, 0.1) is 18.5 Å². The lowest BCUT2D eigenvalue weighted by atomic mass is 10.0. The molecule has 0 aliphatic heterocycles. The minimum Gasteiger partial charge on any atom is -0.475 e. The fourth-order valence-electron chi connectivity index (χ4n) is 3.12. The van der Waals surface area contributed by atoms with E-state index in [-0.39, 0.29) is 29.7 Å². The summed E-state index contributed by atoms with van der Waals surface area (Å²) in [6.45, 7) is -0.265. The Morgan fingerprint density at radius 2 is 1.62 bits per heavy atom. The smallest absolute Gasteiger partial charge is 0.372 e. The van der Waals surface area contributed by atoms with Crippen LogP contribution in [0.2, 0.25) is 0 Å². The van der Waals surface area contributed by atoms with Gasteiger partial charge in [-0.3, -0.25) is 14.4 Å². The molecule has 164 valence electrons. The number of pyridine rings is 1. The van der Waals surface area contributed by atoms with E-state index >= 15 is 0 Å². The van der Waals surface area contributed by atoms with Crippen LogP contribution >= 0.6 is 0 Å². The highest BCUT2D eigenvalue weighted by atomic mass is 19.1. The molecule has 0 unspecified atom stereocenters. The number of aliphatic carboxylic acids is 1. The molecule has 0 spiro atoms. The van der Waals surface area contributed by atoms with Crippen LogP contribution in [0.25, 0.3) is 0 Å². The van der Waals surface area contributed by atoms with E-state index in [4.69, 9.17) is 5.11 Å². The average molecular weight is 443 g/mol. The maximum atomic E-state index is 14.1. The summed E-state index contributed by atoms with van der Waals surface area (Å²) in [5, 5.41) is 8.73. The van der Waals surface area contributed by atoms with Crippen LogP contribution in [0.15, 0.2) is 59.5 Å². The number of aromatic nitrogens is 1. The first-order valence-electron chi connectivity index (χ1n) is 9.35. The Balaban J connectivity index is 2.06. The molecule has 3 rings (SSSR count). The number of carbonyl (C=O) groups is 3. The van der Waals surface area contributed by atoms with Crippen LogP contribution in [0.1, 0.15) is 33.5 Å². The second-order valence-corrected chi connectivity index (χ2v) is 7.03. The third-order valence-corrected chi connectivity index (χ3v) is 4.71. The van der Waals surface area contributed by atoms with Crippen molar-refractivity contribution in [2.45, 2.75) is 19.4 Å². The van der Waals surface area contributed by atoms with Crippen molar-refractivity contribution in [3.8, 4) is 0 Å². The molecule has 6 nitrogen and oxygen atoms in total. The minimum absolute atomic E-state index is 0.0718. The van der Waals surface area contributed by atoms with E-state index in [1.165, 1.54) is 30.5 Å². The van der Waals surface area contributed by atoms with Crippen molar-refractivity contribution in [3.63, 3.8) is 0 Å². The number of ketones is 2. The Hall–Kier alpha value is -4.01. The summed E-state index contributed by atoms with van der Waals surface area (Å²) in [7, 11) is 0. The normalized spacial score (nSPS) is 10.7. The van der Waals surface area contributed by atoms with Gasteiger partial charge < -0.3 is 9.67 Å². The van der Waals surface area contributed by atoms with E-state index in [1.54, 1.807) is 6.07 Å². The molecule has 0 aliphatic carbocycles. The third-order valence-electron chi connectivity index (χ3n) is 4.71. The second-order valence-electron chi connectivity index (χ2n) is 7.03. The van der Waals surface area contributed by atoms with Crippen LogP contribution in [0.5, 0.6) is 0 Å². The first-order valence-corrected chi connectivity index (χ1v) is 9.35. The molecule has 0 amide bonds. The predicted octanol–water partition coefficient (Wildman–Crippen LogP) is 3.13. The van der Waals surface area contributed by atoms with Gasteiger partial charge in [0.25, 0.3) is 5.56 Å². The molecule has 0 atom stereocenters. The Labute approximate surface area is 179 Å². The number of hydrogen-bond donors (Lipinski definition) is 1. The van der Waals surface area contributed by atoms with E-state index in [9.17, 15) is 32.3 Å². The van der Waals surface area contributed by atoms with Crippen LogP contribution in [-0.2, 0) is 22.6 Å². The fraction of sp³-hybridized carbons (Fsp3) is 0.130. The van der Waals surface area contributed by atoms with Gasteiger partial charge in [-0.05, 0) is 29.3 Å². The maximum Gasteiger partial charge on any atom is 0.372 e. The van der Waals surface area contributed by atoms with Crippen molar-refractivity contribution < 1.29 is 32.7 Å². The molecular weight excluding hydrogens is 427 g/mol. The number of hydrogen-bond acceptors (Lipinski definition) is 4. The van der Waals surface area contributed by atoms with Gasteiger partial charge >= 0.3 is 5.97 Å². The number of carbonyl (C=O) groups excluding carboxylic acids is 2. The van der Waals surface area contributed by atoms with Gasteiger partial charge in [-0.1, -0.05) is 24.3 Å². The Kier molecular flexibility index (Phi) is 6.67. The molecule has 1 heterocycles. The summed E-state index contributed by atoms with van der Waals surface area (Å²) in [6.07, 6.45) is 0.114. The number of nitrogens with zero attached hydrogens (tertiary/aromatic N) is 1. The predicted molar refractivity (Wildman–Crippen MR) is 107 cm³/mol. The van der Waals surface area contributed by atoms with Gasteiger partial charge in [-0.15, -0.1) is 0 Å². The van der Waals surface area contributed by atoms with Crippen molar-refractivity contribution in [1.82, 2.24) is 4.57 Å². The summed E-state index contributed by atoms with van der Waals surface area (Å²) < 4.78 is 42.4. The van der Waals surface area contributed by atoms with Crippen molar-refractivity contribution >= 4 is 17.5 Å². The standard InChI is InChI=1S/C23H16F3NO5/c24-16-6-5-14(19(26)9-16)7-13-8-17(20(28)10-21(29)23(31)32)22(30)27(11-13)12-15-3-1-2-4-18(15)25/h1-6,8-9,11H,7,10,12H2,(H,31,32). The quantitative estimate of drug-likeness (QED) is 0.328. The molecule has 32 heavy (non-hydrogen) atoms. The zero-order chi connectivity index (χ0) is 23.4. The van der Waals surface area contributed by atoms with Crippen LogP contribution in [0.4, 0.5) is 13.2 Å². The maximum absolute atomic E-state index is 14.1. The summed E-state index contributed by atoms with van der Waals surface area (Å²) in [5.41, 5.74) is -0.893. The molecule has 0 aliphatic rings. The highest BCUT2D eigenvalue weighted by Crippen LogP contribution is 2.16. The van der Waals surface area contributed by atoms with Gasteiger partial charge in [-0.25, -0.2) is 18.0 Å². The minimum atomic E-state index is -1.82. The van der Waals surface area contributed by atoms with Gasteiger partial charge in [0.1, 0.15) is 17.5 Å². The average Bonchev–Trinajstić information content (AvgIpc) is 2.73. The molecule has 3 aromatic rings. The summed E-state index contributed by atoms with van der Waals surface area (Å²) in [5.74, 6) is -6.47. The Bertz CT molecular complexity index is 1280. The largest absolute Gasteiger partial charge is 0.475 e. The Morgan fingerprint density at radius 3 is 2.28 bits per heavy atom. The van der Waals surface area contributed by atoms with Crippen LogP contribution in [-0.4, -0.2) is 27.2 Å². The van der Waals surface area contributed by atoms with E-state index in [2.05, 4.69) is 0 Å². The third kappa shape index (κ3) is 5.18. The summed E-state index contributed by atoms with van der Waals surface area (Å²) in [4.78, 5) is 47.5. The van der Waals surface area contributed by atoms with E-state index in [0.717, 1.165) is 16.7 Å². The number of rotatable bonds is 8. The van der Waals surface area contributed by atoms with Crippen molar-refractivity contribution in [2.24, 2.45) is 0 Å². The Morgan fingerprint density at radius 1 is 0.906 bits per heavy atom. The molecule has 0 saturated heterocycles. The fourth-order valence-corrected chi connectivity index (χ4v) is 3.12. The van der Waals surface area contributed by atoms with Gasteiger partial charge in [0.15, 0.2) is 5.78 Å². The van der Waals surface area contributed by atoms with Crippen molar-refractivity contribution in [3.05, 3.63) is 105 Å². The zero-order valence-electron chi connectivity index (χ0n) is 16.5. The lowest BCUT2D eigenvalue weighted by Crippen LogP contribution is -2.29. The number of benzene rings is 2.